The third kappa shape index (κ3) is 11.3. The first-order valence-corrected chi connectivity index (χ1v) is 48.9. The number of rotatable bonds is 12. The van der Waals surface area contributed by atoms with Crippen molar-refractivity contribution in [1.82, 2.24) is 36.5 Å². The summed E-state index contributed by atoms with van der Waals surface area (Å²) in [6, 6.07) is 179. The first kappa shape index (κ1) is 77.6. The van der Waals surface area contributed by atoms with Gasteiger partial charge in [-0.25, -0.2) is 0 Å². The van der Waals surface area contributed by atoms with Crippen molar-refractivity contribution in [2.24, 2.45) is 0 Å². The summed E-state index contributed by atoms with van der Waals surface area (Å²) in [6.07, 6.45) is 3.39. The Hall–Kier alpha value is -18.7. The van der Waals surface area contributed by atoms with E-state index in [1.165, 1.54) is 153 Å². The van der Waals surface area contributed by atoms with Gasteiger partial charge in [0, 0.05) is 150 Å². The average molecular weight is 1800 g/mol. The van der Waals surface area contributed by atoms with Crippen molar-refractivity contribution in [1.29, 1.82) is 0 Å². The standard InChI is InChI=1S/C132H83N9/c1-6-28-88(29-7-1)133-117-68-58-85(84-54-63-93(64-55-84)135-115-48-26-20-42-102(115)130-120(135)71-70-119-129(130)101-41-19-25-47-114(101)134(119)89-30-8-2-9-31-89)74-105(117)106-77-96(65-69-118(106)133)141-116-49-27-21-43-103(116)131-122(141)73-72-121-132(131)104-67-57-87(76-124(104)139(121)92-36-14-5-15-37-92)86-56-66-100-110-81-126-109(98-39-17-23-45-112(98)137(126)91-34-12-4-13-35-91)80-128(110)140(123(100)75-86)95-61-52-83(53-62-95)82-50-59-94(60-51-82)138-113-46-24-18-40-99(113)108-78-125-107(79-127(108)138)97-38-16-22-44-111(97)136(125)90-32-10-3-11-33-90/h1-77,79-81,125H,78H2. The predicted molar refractivity (Wildman–Crippen MR) is 590 cm³/mol. The Balaban J connectivity index is 0.530. The summed E-state index contributed by atoms with van der Waals surface area (Å²) in [5.41, 5.74) is 41.1. The van der Waals surface area contributed by atoms with Crippen molar-refractivity contribution in [3.05, 3.63) is 496 Å². The summed E-state index contributed by atoms with van der Waals surface area (Å²) in [4.78, 5) is 2.56. The molecule has 141 heavy (non-hydrogen) atoms. The van der Waals surface area contributed by atoms with E-state index in [-0.39, 0.29) is 6.04 Å². The largest absolute Gasteiger partial charge is 0.333 e. The number of para-hydroxylation sites is 11. The maximum absolute atomic E-state index is 2.56. The van der Waals surface area contributed by atoms with Crippen molar-refractivity contribution >= 4 is 187 Å². The van der Waals surface area contributed by atoms with Crippen LogP contribution in [0.5, 0.6) is 0 Å². The van der Waals surface area contributed by atoms with Gasteiger partial charge in [0.1, 0.15) is 0 Å². The van der Waals surface area contributed by atoms with Gasteiger partial charge in [-0.2, -0.15) is 0 Å². The number of hydrogen-bond acceptors (Lipinski definition) is 1. The molecule has 29 aromatic rings. The molecule has 0 amide bonds. The lowest BCUT2D eigenvalue weighted by Gasteiger charge is -2.30. The highest BCUT2D eigenvalue weighted by molar-refractivity contribution is 6.31. The van der Waals surface area contributed by atoms with Crippen molar-refractivity contribution in [3.8, 4) is 78.9 Å². The van der Waals surface area contributed by atoms with Crippen LogP contribution < -0.4 is 4.90 Å². The molecule has 21 aromatic carbocycles. The van der Waals surface area contributed by atoms with Crippen LogP contribution in [-0.2, 0) is 6.42 Å². The second-order valence-electron chi connectivity index (χ2n) is 38.1. The maximum atomic E-state index is 2.56. The van der Waals surface area contributed by atoms with Gasteiger partial charge in [0.15, 0.2) is 0 Å². The Kier molecular flexibility index (Phi) is 16.5. The van der Waals surface area contributed by atoms with Gasteiger partial charge in [-0.15, -0.1) is 0 Å². The fourth-order valence-corrected chi connectivity index (χ4v) is 24.9. The van der Waals surface area contributed by atoms with Gasteiger partial charge >= 0.3 is 0 Å². The summed E-state index contributed by atoms with van der Waals surface area (Å²) in [6.45, 7) is 0. The molecule has 1 aliphatic carbocycles. The van der Waals surface area contributed by atoms with Gasteiger partial charge in [-0.1, -0.05) is 267 Å². The monoisotopic (exact) mass is 1790 g/mol. The molecule has 0 saturated heterocycles. The third-order valence-electron chi connectivity index (χ3n) is 30.9. The molecule has 656 valence electrons. The quantitative estimate of drug-likeness (QED) is 0.120. The molecule has 9 heterocycles. The van der Waals surface area contributed by atoms with E-state index in [1.54, 1.807) is 0 Å². The molecule has 1 unspecified atom stereocenters. The van der Waals surface area contributed by atoms with Gasteiger partial charge in [0.25, 0.3) is 0 Å². The lowest BCUT2D eigenvalue weighted by Crippen LogP contribution is -2.30. The van der Waals surface area contributed by atoms with Crippen LogP contribution in [0.1, 0.15) is 16.8 Å². The summed E-state index contributed by atoms with van der Waals surface area (Å²) in [5, 5.41) is 18.3. The third-order valence-corrected chi connectivity index (χ3v) is 30.9. The summed E-state index contributed by atoms with van der Waals surface area (Å²) in [7, 11) is 0. The molecule has 0 saturated carbocycles. The SMILES string of the molecule is C1=C2c3ccccc3N(c3ccccc3)C2Cc2c1n(-c1ccc(-c3ccc(-n4c5cc(-c6ccc7c8c9c%10ccccc%10n(-c%10ccc%11c(c%10)c%10cc(-c%12ccc(-n%13c%14ccccc%14c%14c%15c%16ccccc%16n(-c%16ccccc%16)c%15ccc%14%13)cc%12)ccc%10n%11-c%10ccccc%10)c9ccc8n(-c8ccccc8)c7c6)ccc5c5cc6c(cc54)c4ccccc4n6-c4ccccc4)cc3)cc1)c1ccccc21. The lowest BCUT2D eigenvalue weighted by molar-refractivity contribution is 0.806. The molecule has 8 aromatic heterocycles. The van der Waals surface area contributed by atoms with Gasteiger partial charge < -0.3 is 41.4 Å². The molecule has 0 fully saturated rings. The van der Waals surface area contributed by atoms with Crippen LogP contribution in [0.15, 0.2) is 479 Å². The van der Waals surface area contributed by atoms with Crippen LogP contribution in [0, 0.1) is 0 Å². The van der Waals surface area contributed by atoms with Crippen LogP contribution in [0.25, 0.3) is 254 Å². The zero-order valence-corrected chi connectivity index (χ0v) is 76.5. The molecule has 9 nitrogen and oxygen atoms in total. The second kappa shape index (κ2) is 29.9. The molecular weight excluding hydrogens is 1710 g/mol. The van der Waals surface area contributed by atoms with Crippen molar-refractivity contribution in [3.63, 3.8) is 0 Å². The number of hydrogen-bond donors (Lipinski definition) is 0. The smallest absolute Gasteiger partial charge is 0.0640 e. The van der Waals surface area contributed by atoms with Crippen molar-refractivity contribution in [2.45, 2.75) is 12.5 Å². The Morgan fingerprint density at radius 3 is 0.936 bits per heavy atom. The van der Waals surface area contributed by atoms with Crippen molar-refractivity contribution < 1.29 is 0 Å². The lowest BCUT2D eigenvalue weighted by atomic mass is 9.89. The Morgan fingerprint density at radius 1 is 0.163 bits per heavy atom. The minimum Gasteiger partial charge on any atom is -0.333 e. The first-order chi connectivity index (χ1) is 70.0. The minimum absolute atomic E-state index is 0.189. The topological polar surface area (TPSA) is 42.7 Å². The van der Waals surface area contributed by atoms with Crippen LogP contribution in [0.3, 0.4) is 0 Å². The number of aromatic nitrogens is 8. The average Bonchev–Trinajstić information content (AvgIpc) is 1.54. The fraction of sp³-hybridized carbons (Fsp3) is 0.0152. The van der Waals surface area contributed by atoms with E-state index in [1.807, 2.05) is 0 Å². The normalized spacial score (nSPS) is 13.3. The molecule has 31 rings (SSSR count). The molecular formula is C132H83N9. The highest BCUT2D eigenvalue weighted by Gasteiger charge is 2.40. The van der Waals surface area contributed by atoms with Crippen molar-refractivity contribution in [2.75, 3.05) is 4.90 Å². The van der Waals surface area contributed by atoms with E-state index in [0.29, 0.717) is 0 Å². The van der Waals surface area contributed by atoms with Crippen LogP contribution >= 0.6 is 0 Å². The van der Waals surface area contributed by atoms with Gasteiger partial charge in [0.05, 0.1) is 94.5 Å². The zero-order chi connectivity index (χ0) is 91.9. The van der Waals surface area contributed by atoms with E-state index in [4.69, 9.17) is 0 Å². The molecule has 1 aliphatic heterocycles. The maximum Gasteiger partial charge on any atom is 0.0640 e. The van der Waals surface area contributed by atoms with E-state index in [0.717, 1.165) is 129 Å². The number of nitrogens with zero attached hydrogens (tertiary/aromatic N) is 9. The van der Waals surface area contributed by atoms with E-state index >= 15 is 0 Å². The number of benzene rings is 21. The number of fused-ring (bicyclic) bond motifs is 29. The first-order valence-electron chi connectivity index (χ1n) is 48.9. The van der Waals surface area contributed by atoms with E-state index < -0.39 is 0 Å². The van der Waals surface area contributed by atoms with Gasteiger partial charge in [-0.3, -0.25) is 0 Å². The van der Waals surface area contributed by atoms with Gasteiger partial charge in [0.2, 0.25) is 0 Å². The Morgan fingerprint density at radius 2 is 0.440 bits per heavy atom. The summed E-state index contributed by atoms with van der Waals surface area (Å²) in [5.74, 6) is 0. The molecule has 1 atom stereocenters. The van der Waals surface area contributed by atoms with Crippen LogP contribution in [0.4, 0.5) is 11.4 Å². The highest BCUT2D eigenvalue weighted by Crippen LogP contribution is 2.54. The molecule has 0 N–H and O–H groups in total. The minimum atomic E-state index is 0.189. The van der Waals surface area contributed by atoms with E-state index in [9.17, 15) is 0 Å². The number of anilines is 2. The Labute approximate surface area is 809 Å². The molecule has 0 bridgehead atoms. The zero-order valence-electron chi connectivity index (χ0n) is 76.5. The summed E-state index contributed by atoms with van der Waals surface area (Å²) >= 11 is 0. The molecule has 0 radical (unpaired) electrons. The predicted octanol–water partition coefficient (Wildman–Crippen LogP) is 33.9. The van der Waals surface area contributed by atoms with E-state index in [2.05, 4.69) is 527 Å². The van der Waals surface area contributed by atoms with Crippen LogP contribution in [-0.4, -0.2) is 42.6 Å². The highest BCUT2D eigenvalue weighted by atomic mass is 15.2. The Bertz CT molecular complexity index is 10400. The molecule has 0 spiro atoms. The van der Waals surface area contributed by atoms with Crippen LogP contribution in [0.2, 0.25) is 0 Å². The summed E-state index contributed by atoms with van der Waals surface area (Å²) < 4.78 is 19.8. The molecule has 2 aliphatic rings. The second-order valence-corrected chi connectivity index (χ2v) is 38.1. The van der Waals surface area contributed by atoms with Gasteiger partial charge in [-0.05, 0) is 263 Å². The molecule has 9 heteroatoms. The fourth-order valence-electron chi connectivity index (χ4n) is 24.9.